The van der Waals surface area contributed by atoms with E-state index in [1.54, 1.807) is 20.8 Å². The van der Waals surface area contributed by atoms with E-state index in [0.717, 1.165) is 56.3 Å². The Morgan fingerprint density at radius 1 is 0.875 bits per heavy atom. The minimum Gasteiger partial charge on any atom is -0.444 e. The fourth-order valence-corrected chi connectivity index (χ4v) is 4.42. The van der Waals surface area contributed by atoms with Gasteiger partial charge in [0.1, 0.15) is 11.6 Å². The number of nitrogens with one attached hydrogen (secondary N) is 2. The average molecular weight is 574 g/mol. The summed E-state index contributed by atoms with van der Waals surface area (Å²) in [5.74, 6) is -2.55. The Morgan fingerprint density at radius 2 is 1.45 bits per heavy atom. The van der Waals surface area contributed by atoms with E-state index in [1.165, 1.54) is 25.7 Å². The Kier molecular flexibility index (Phi) is 16.6. The smallest absolute Gasteiger partial charge is 0.444 e. The van der Waals surface area contributed by atoms with Gasteiger partial charge in [-0.1, -0.05) is 69.8 Å². The van der Waals surface area contributed by atoms with Gasteiger partial charge in [-0.3, -0.25) is 14.5 Å². The molecule has 2 N–H and O–H groups in total. The first-order chi connectivity index (χ1) is 18.8. The maximum Gasteiger partial charge on any atom is 0.471 e. The number of likely N-dealkylation sites (tertiary alicyclic amines) is 1. The zero-order valence-corrected chi connectivity index (χ0v) is 24.8. The van der Waals surface area contributed by atoms with Gasteiger partial charge >= 0.3 is 18.2 Å². The van der Waals surface area contributed by atoms with Gasteiger partial charge in [0.15, 0.2) is 0 Å². The first-order valence-corrected chi connectivity index (χ1v) is 14.8. The van der Waals surface area contributed by atoms with E-state index in [1.807, 2.05) is 5.32 Å². The maximum atomic E-state index is 12.8. The van der Waals surface area contributed by atoms with Crippen LogP contribution in [0.4, 0.5) is 18.0 Å². The SMILES string of the molecule is CCCCC/C=C\C/C=C\CCCCCCCCNC(=O)[C@@H]1C[C@H](NC(=O)C(F)(F)F)CN1C(=O)OC(C)(C)C. The quantitative estimate of drug-likeness (QED) is 0.145. The first kappa shape index (κ1) is 35.5. The van der Waals surface area contributed by atoms with Crippen molar-refractivity contribution in [2.45, 2.75) is 135 Å². The normalized spacial score (nSPS) is 18.0. The van der Waals surface area contributed by atoms with Crippen LogP contribution in [-0.4, -0.2) is 59.8 Å². The van der Waals surface area contributed by atoms with Crippen molar-refractivity contribution in [2.75, 3.05) is 13.1 Å². The summed E-state index contributed by atoms with van der Waals surface area (Å²) in [5, 5.41) is 4.66. The number of allylic oxidation sites excluding steroid dienone is 4. The van der Waals surface area contributed by atoms with Crippen molar-refractivity contribution in [3.63, 3.8) is 0 Å². The Labute approximate surface area is 238 Å². The van der Waals surface area contributed by atoms with E-state index < -0.39 is 41.8 Å². The number of unbranched alkanes of at least 4 members (excludes halogenated alkanes) is 9. The Bertz CT molecular complexity index is 822. The van der Waals surface area contributed by atoms with Crippen molar-refractivity contribution in [3.8, 4) is 0 Å². The van der Waals surface area contributed by atoms with E-state index in [9.17, 15) is 27.6 Å². The van der Waals surface area contributed by atoms with Crippen molar-refractivity contribution < 1.29 is 32.3 Å². The van der Waals surface area contributed by atoms with Crippen LogP contribution in [0, 0.1) is 0 Å². The molecule has 0 radical (unpaired) electrons. The van der Waals surface area contributed by atoms with Crippen LogP contribution >= 0.6 is 0 Å². The van der Waals surface area contributed by atoms with Crippen LogP contribution in [0.5, 0.6) is 0 Å². The third-order valence-electron chi connectivity index (χ3n) is 6.50. The molecule has 1 aliphatic heterocycles. The Hall–Kier alpha value is -2.52. The van der Waals surface area contributed by atoms with E-state index in [4.69, 9.17) is 4.74 Å². The summed E-state index contributed by atoms with van der Waals surface area (Å²) < 4.78 is 43.4. The molecule has 0 aliphatic carbocycles. The van der Waals surface area contributed by atoms with Crippen LogP contribution in [0.3, 0.4) is 0 Å². The highest BCUT2D eigenvalue weighted by atomic mass is 19.4. The van der Waals surface area contributed by atoms with E-state index in [2.05, 4.69) is 36.5 Å². The fourth-order valence-electron chi connectivity index (χ4n) is 4.42. The number of hydrogen-bond acceptors (Lipinski definition) is 4. The fraction of sp³-hybridized carbons (Fsp3) is 0.767. The number of carbonyl (C=O) groups excluding carboxylic acids is 3. The van der Waals surface area contributed by atoms with Gasteiger partial charge in [0.25, 0.3) is 0 Å². The third-order valence-corrected chi connectivity index (χ3v) is 6.50. The molecule has 3 amide bonds. The number of ether oxygens (including phenoxy) is 1. The van der Waals surface area contributed by atoms with Gasteiger partial charge in [0.2, 0.25) is 5.91 Å². The average Bonchev–Trinajstić information content (AvgIpc) is 3.28. The predicted molar refractivity (Wildman–Crippen MR) is 152 cm³/mol. The Balaban J connectivity index is 2.30. The highest BCUT2D eigenvalue weighted by Gasteiger charge is 2.45. The van der Waals surface area contributed by atoms with Crippen molar-refractivity contribution in [1.29, 1.82) is 0 Å². The largest absolute Gasteiger partial charge is 0.471 e. The van der Waals surface area contributed by atoms with Crippen LogP contribution in [-0.2, 0) is 14.3 Å². The number of halogens is 3. The number of amides is 3. The number of alkyl halides is 3. The topological polar surface area (TPSA) is 87.7 Å². The molecule has 1 saturated heterocycles. The van der Waals surface area contributed by atoms with Gasteiger partial charge < -0.3 is 15.4 Å². The lowest BCUT2D eigenvalue weighted by atomic mass is 10.1. The molecule has 230 valence electrons. The zero-order chi connectivity index (χ0) is 30.0. The predicted octanol–water partition coefficient (Wildman–Crippen LogP) is 6.97. The molecule has 40 heavy (non-hydrogen) atoms. The van der Waals surface area contributed by atoms with Gasteiger partial charge in [0, 0.05) is 19.1 Å². The van der Waals surface area contributed by atoms with Crippen LogP contribution in [0.15, 0.2) is 24.3 Å². The molecule has 2 atom stereocenters. The number of hydrogen-bond donors (Lipinski definition) is 2. The van der Waals surface area contributed by atoms with Crippen molar-refractivity contribution >= 4 is 17.9 Å². The minimum absolute atomic E-state index is 0.114. The van der Waals surface area contributed by atoms with Crippen molar-refractivity contribution in [3.05, 3.63) is 24.3 Å². The molecule has 1 aliphatic rings. The Morgan fingerprint density at radius 3 is 2.02 bits per heavy atom. The molecule has 0 aromatic carbocycles. The van der Waals surface area contributed by atoms with Crippen LogP contribution in [0.2, 0.25) is 0 Å². The highest BCUT2D eigenvalue weighted by molar-refractivity contribution is 5.87. The van der Waals surface area contributed by atoms with Gasteiger partial charge in [-0.25, -0.2) is 4.79 Å². The molecule has 0 saturated carbocycles. The van der Waals surface area contributed by atoms with Crippen LogP contribution < -0.4 is 10.6 Å². The molecule has 0 aromatic rings. The molecule has 1 rings (SSSR count). The summed E-state index contributed by atoms with van der Waals surface area (Å²) in [4.78, 5) is 37.9. The molecular formula is C30H50F3N3O4. The summed E-state index contributed by atoms with van der Waals surface area (Å²) in [7, 11) is 0. The summed E-state index contributed by atoms with van der Waals surface area (Å²) in [6.45, 7) is 7.36. The lowest BCUT2D eigenvalue weighted by Gasteiger charge is -2.28. The van der Waals surface area contributed by atoms with Crippen molar-refractivity contribution in [1.82, 2.24) is 15.5 Å². The minimum atomic E-state index is -5.04. The number of rotatable bonds is 17. The zero-order valence-electron chi connectivity index (χ0n) is 24.8. The molecule has 1 heterocycles. The molecule has 0 bridgehead atoms. The standard InChI is InChI=1S/C30H50F3N3O4/c1-5-6-7-8-9-10-11-12-13-14-15-16-17-18-19-20-21-34-26(37)25-22-24(35-27(38)30(31,32)33)23-36(25)28(39)40-29(2,3)4/h9-10,12-13,24-25H,5-8,11,14-23H2,1-4H3,(H,34,37)(H,35,38)/b10-9-,13-12-/t24-,25-/m0/s1. The van der Waals surface area contributed by atoms with Crippen LogP contribution in [0.1, 0.15) is 111 Å². The van der Waals surface area contributed by atoms with E-state index in [-0.39, 0.29) is 13.0 Å². The van der Waals surface area contributed by atoms with E-state index >= 15 is 0 Å². The second-order valence-corrected chi connectivity index (χ2v) is 11.4. The first-order valence-electron chi connectivity index (χ1n) is 14.8. The number of carbonyl (C=O) groups is 3. The molecular weight excluding hydrogens is 523 g/mol. The summed E-state index contributed by atoms with van der Waals surface area (Å²) in [5.41, 5.74) is -0.841. The lowest BCUT2D eigenvalue weighted by Crippen LogP contribution is -2.48. The van der Waals surface area contributed by atoms with Crippen molar-refractivity contribution in [2.24, 2.45) is 0 Å². The molecule has 0 aromatic heterocycles. The summed E-state index contributed by atoms with van der Waals surface area (Å²) in [6, 6.07) is -2.02. The molecule has 10 heteroatoms. The summed E-state index contributed by atoms with van der Waals surface area (Å²) >= 11 is 0. The van der Waals surface area contributed by atoms with Gasteiger partial charge in [-0.15, -0.1) is 0 Å². The third kappa shape index (κ3) is 15.9. The number of nitrogens with zero attached hydrogens (tertiary/aromatic N) is 1. The van der Waals surface area contributed by atoms with Gasteiger partial charge in [-0.2, -0.15) is 13.2 Å². The molecule has 7 nitrogen and oxygen atoms in total. The monoisotopic (exact) mass is 573 g/mol. The molecule has 0 spiro atoms. The second-order valence-electron chi connectivity index (χ2n) is 11.4. The highest BCUT2D eigenvalue weighted by Crippen LogP contribution is 2.23. The van der Waals surface area contributed by atoms with Gasteiger partial charge in [0.05, 0.1) is 0 Å². The molecule has 0 unspecified atom stereocenters. The van der Waals surface area contributed by atoms with Gasteiger partial charge in [-0.05, 0) is 65.7 Å². The second kappa shape index (κ2) is 18.8. The van der Waals surface area contributed by atoms with E-state index in [0.29, 0.717) is 6.54 Å². The lowest BCUT2D eigenvalue weighted by molar-refractivity contribution is -0.174. The maximum absolute atomic E-state index is 12.8. The summed E-state index contributed by atoms with van der Waals surface area (Å²) in [6.07, 6.45) is 16.3. The van der Waals surface area contributed by atoms with Crippen LogP contribution in [0.25, 0.3) is 0 Å². The molecule has 1 fully saturated rings.